The van der Waals surface area contributed by atoms with E-state index in [4.69, 9.17) is 5.73 Å². The van der Waals surface area contributed by atoms with E-state index in [1.165, 1.54) is 0 Å². The zero-order chi connectivity index (χ0) is 16.8. The van der Waals surface area contributed by atoms with Crippen LogP contribution in [-0.4, -0.2) is 50.4 Å². The van der Waals surface area contributed by atoms with E-state index in [2.05, 4.69) is 10.2 Å². The smallest absolute Gasteiger partial charge is 0.234 e. The van der Waals surface area contributed by atoms with E-state index in [1.807, 2.05) is 43.3 Å². The Morgan fingerprint density at radius 3 is 2.35 bits per heavy atom. The number of carbonyl (C=O) groups is 2. The molecule has 1 fully saturated rings. The molecule has 6 nitrogen and oxygen atoms in total. The number of anilines is 1. The van der Waals surface area contributed by atoms with Gasteiger partial charge in [0, 0.05) is 32.2 Å². The minimum atomic E-state index is -0.227. The van der Waals surface area contributed by atoms with Crippen molar-refractivity contribution in [2.24, 2.45) is 11.7 Å². The molecule has 0 radical (unpaired) electrons. The molecule has 126 valence electrons. The molecule has 0 saturated carbocycles. The van der Waals surface area contributed by atoms with Crippen LogP contribution in [0.2, 0.25) is 0 Å². The number of primary amides is 1. The summed E-state index contributed by atoms with van der Waals surface area (Å²) in [7, 11) is 4.00. The summed E-state index contributed by atoms with van der Waals surface area (Å²) in [5, 5.41) is 2.94. The molecule has 0 unspecified atom stereocenters. The lowest BCUT2D eigenvalue weighted by molar-refractivity contribution is -0.124. The maximum absolute atomic E-state index is 12.0. The third-order valence-electron chi connectivity index (χ3n) is 4.30. The van der Waals surface area contributed by atoms with E-state index in [0.29, 0.717) is 13.1 Å². The summed E-state index contributed by atoms with van der Waals surface area (Å²) >= 11 is 0. The predicted octanol–water partition coefficient (Wildman–Crippen LogP) is 0.566. The first kappa shape index (κ1) is 17.3. The van der Waals surface area contributed by atoms with Crippen molar-refractivity contribution in [2.75, 3.05) is 38.6 Å². The second kappa shape index (κ2) is 7.97. The van der Waals surface area contributed by atoms with Gasteiger partial charge in [0.25, 0.3) is 0 Å². The second-order valence-corrected chi connectivity index (χ2v) is 6.29. The van der Waals surface area contributed by atoms with Gasteiger partial charge in [-0.05, 0) is 43.6 Å². The van der Waals surface area contributed by atoms with E-state index in [0.717, 1.165) is 37.2 Å². The fraction of sp³-hybridized carbons (Fsp3) is 0.529. The number of amides is 2. The summed E-state index contributed by atoms with van der Waals surface area (Å²) < 4.78 is 0. The Labute approximate surface area is 137 Å². The van der Waals surface area contributed by atoms with E-state index < -0.39 is 0 Å². The van der Waals surface area contributed by atoms with Gasteiger partial charge in [0.2, 0.25) is 11.8 Å². The number of nitrogens with two attached hydrogens (primary N) is 1. The van der Waals surface area contributed by atoms with Gasteiger partial charge in [-0.15, -0.1) is 0 Å². The number of benzene rings is 1. The van der Waals surface area contributed by atoms with Crippen molar-refractivity contribution < 1.29 is 9.59 Å². The van der Waals surface area contributed by atoms with Crippen LogP contribution in [-0.2, 0) is 16.1 Å². The Morgan fingerprint density at radius 2 is 1.83 bits per heavy atom. The second-order valence-electron chi connectivity index (χ2n) is 6.29. The molecule has 1 aromatic rings. The Bertz CT molecular complexity index is 534. The van der Waals surface area contributed by atoms with Crippen LogP contribution in [0.5, 0.6) is 0 Å². The zero-order valence-electron chi connectivity index (χ0n) is 13.9. The molecule has 1 heterocycles. The minimum absolute atomic E-state index is 0.0132. The molecule has 23 heavy (non-hydrogen) atoms. The maximum atomic E-state index is 12.0. The van der Waals surface area contributed by atoms with Crippen LogP contribution in [0.4, 0.5) is 5.69 Å². The lowest BCUT2D eigenvalue weighted by Gasteiger charge is -2.29. The van der Waals surface area contributed by atoms with Crippen molar-refractivity contribution in [1.29, 1.82) is 0 Å². The van der Waals surface area contributed by atoms with Gasteiger partial charge in [0.15, 0.2) is 0 Å². The molecule has 0 spiro atoms. The molecule has 2 rings (SSSR count). The number of nitrogens with one attached hydrogen (secondary N) is 1. The average molecular weight is 318 g/mol. The summed E-state index contributed by atoms with van der Waals surface area (Å²) in [6, 6.07) is 8.12. The number of rotatable bonds is 6. The number of nitrogens with zero attached hydrogens (tertiary/aromatic N) is 2. The molecule has 1 aromatic carbocycles. The molecule has 0 aliphatic carbocycles. The number of piperidine rings is 1. The molecule has 1 aliphatic heterocycles. The lowest BCUT2D eigenvalue weighted by atomic mass is 9.96. The Hall–Kier alpha value is -2.08. The van der Waals surface area contributed by atoms with Crippen LogP contribution in [0.3, 0.4) is 0 Å². The normalized spacial score (nSPS) is 16.1. The maximum Gasteiger partial charge on any atom is 0.234 e. The van der Waals surface area contributed by atoms with Gasteiger partial charge in [0.1, 0.15) is 0 Å². The van der Waals surface area contributed by atoms with Gasteiger partial charge in [-0.2, -0.15) is 0 Å². The monoisotopic (exact) mass is 318 g/mol. The van der Waals surface area contributed by atoms with Gasteiger partial charge in [0.05, 0.1) is 6.54 Å². The highest BCUT2D eigenvalue weighted by atomic mass is 16.2. The molecule has 2 amide bonds. The van der Waals surface area contributed by atoms with Crippen molar-refractivity contribution in [3.8, 4) is 0 Å². The van der Waals surface area contributed by atoms with E-state index in [9.17, 15) is 9.59 Å². The van der Waals surface area contributed by atoms with Crippen LogP contribution in [0.15, 0.2) is 24.3 Å². The van der Waals surface area contributed by atoms with E-state index >= 15 is 0 Å². The summed E-state index contributed by atoms with van der Waals surface area (Å²) in [6.45, 7) is 2.41. The predicted molar refractivity (Wildman–Crippen MR) is 91.0 cm³/mol. The quantitative estimate of drug-likeness (QED) is 0.803. The van der Waals surface area contributed by atoms with Gasteiger partial charge in [-0.25, -0.2) is 0 Å². The SMILES string of the molecule is CN(C)c1ccc(CNC(=O)CN2CCC(C(N)=O)CC2)cc1. The van der Waals surface area contributed by atoms with Crippen molar-refractivity contribution in [2.45, 2.75) is 19.4 Å². The van der Waals surface area contributed by atoms with Crippen LogP contribution in [0, 0.1) is 5.92 Å². The highest BCUT2D eigenvalue weighted by Crippen LogP contribution is 2.16. The van der Waals surface area contributed by atoms with Gasteiger partial charge in [-0.1, -0.05) is 12.1 Å². The molecular formula is C17H26N4O2. The summed E-state index contributed by atoms with van der Waals surface area (Å²) in [6.07, 6.45) is 1.49. The number of carbonyl (C=O) groups excluding carboxylic acids is 2. The summed E-state index contributed by atoms with van der Waals surface area (Å²) in [4.78, 5) is 27.3. The van der Waals surface area contributed by atoms with Crippen LogP contribution < -0.4 is 16.0 Å². The first-order chi connectivity index (χ1) is 11.0. The third-order valence-corrected chi connectivity index (χ3v) is 4.30. The minimum Gasteiger partial charge on any atom is -0.378 e. The summed E-state index contributed by atoms with van der Waals surface area (Å²) in [5.41, 5.74) is 7.53. The van der Waals surface area contributed by atoms with E-state index in [1.54, 1.807) is 0 Å². The van der Waals surface area contributed by atoms with Crippen LogP contribution in [0.25, 0.3) is 0 Å². The molecule has 1 saturated heterocycles. The summed E-state index contributed by atoms with van der Waals surface area (Å²) in [5.74, 6) is -0.251. The molecule has 0 atom stereocenters. The largest absolute Gasteiger partial charge is 0.378 e. The van der Waals surface area contributed by atoms with Crippen molar-refractivity contribution in [1.82, 2.24) is 10.2 Å². The molecular weight excluding hydrogens is 292 g/mol. The van der Waals surface area contributed by atoms with Crippen molar-refractivity contribution in [3.63, 3.8) is 0 Å². The first-order valence-corrected chi connectivity index (χ1v) is 8.00. The third kappa shape index (κ3) is 5.25. The topological polar surface area (TPSA) is 78.7 Å². The number of likely N-dealkylation sites (tertiary alicyclic amines) is 1. The average Bonchev–Trinajstić information content (AvgIpc) is 2.54. The number of hydrogen-bond donors (Lipinski definition) is 2. The molecule has 6 heteroatoms. The van der Waals surface area contributed by atoms with Crippen LogP contribution in [0.1, 0.15) is 18.4 Å². The Kier molecular flexibility index (Phi) is 5.98. The molecule has 1 aliphatic rings. The Morgan fingerprint density at radius 1 is 1.22 bits per heavy atom. The van der Waals surface area contributed by atoms with E-state index in [-0.39, 0.29) is 17.7 Å². The highest BCUT2D eigenvalue weighted by Gasteiger charge is 2.23. The van der Waals surface area contributed by atoms with Crippen LogP contribution >= 0.6 is 0 Å². The fourth-order valence-corrected chi connectivity index (χ4v) is 2.75. The number of hydrogen-bond acceptors (Lipinski definition) is 4. The lowest BCUT2D eigenvalue weighted by Crippen LogP contribution is -2.43. The van der Waals surface area contributed by atoms with Gasteiger partial charge < -0.3 is 16.0 Å². The molecule has 3 N–H and O–H groups in total. The van der Waals surface area contributed by atoms with Gasteiger partial charge >= 0.3 is 0 Å². The standard InChI is InChI=1S/C17H26N4O2/c1-20(2)15-5-3-13(4-6-15)11-19-16(22)12-21-9-7-14(8-10-21)17(18)23/h3-6,14H,7-12H2,1-2H3,(H2,18,23)(H,19,22). The Balaban J connectivity index is 1.72. The molecule has 0 aromatic heterocycles. The fourth-order valence-electron chi connectivity index (χ4n) is 2.75. The zero-order valence-corrected chi connectivity index (χ0v) is 13.9. The van der Waals surface area contributed by atoms with Crippen molar-refractivity contribution >= 4 is 17.5 Å². The first-order valence-electron chi connectivity index (χ1n) is 8.00. The molecule has 0 bridgehead atoms. The van der Waals surface area contributed by atoms with Gasteiger partial charge in [-0.3, -0.25) is 14.5 Å². The highest BCUT2D eigenvalue weighted by molar-refractivity contribution is 5.78. The van der Waals surface area contributed by atoms with Crippen molar-refractivity contribution in [3.05, 3.63) is 29.8 Å².